The van der Waals surface area contributed by atoms with E-state index in [9.17, 15) is 0 Å². The van der Waals surface area contributed by atoms with Gasteiger partial charge in [-0.25, -0.2) is 0 Å². The molecule has 1 N–H and O–H groups in total. The van der Waals surface area contributed by atoms with Crippen LogP contribution in [0.5, 0.6) is 5.75 Å². The summed E-state index contributed by atoms with van der Waals surface area (Å²) in [6.07, 6.45) is 4.16. The Morgan fingerprint density at radius 3 is 2.33 bits per heavy atom. The van der Waals surface area contributed by atoms with Gasteiger partial charge in [0.15, 0.2) is 5.71 Å². The topological polar surface area (TPSA) is 24.3 Å². The van der Waals surface area contributed by atoms with Crippen molar-refractivity contribution < 1.29 is 33.3 Å². The van der Waals surface area contributed by atoms with Gasteiger partial charge in [0, 0.05) is 29.6 Å². The number of nitrogens with one attached hydrogen (secondary N) is 1. The molecule has 0 atom stereocenters. The zero-order chi connectivity index (χ0) is 16.4. The summed E-state index contributed by atoms with van der Waals surface area (Å²) in [5.41, 5.74) is 4.97. The van der Waals surface area contributed by atoms with Gasteiger partial charge in [-0.05, 0) is 38.1 Å². The zero-order valence-corrected chi connectivity index (χ0v) is 16.7. The molecule has 4 heteroatoms. The van der Waals surface area contributed by atoms with Gasteiger partial charge in [-0.3, -0.25) is 0 Å². The maximum Gasteiger partial charge on any atom is 0.209 e. The van der Waals surface area contributed by atoms with Gasteiger partial charge in [0.1, 0.15) is 12.8 Å². The average Bonchev–Trinajstić information content (AvgIpc) is 2.76. The van der Waals surface area contributed by atoms with Crippen LogP contribution in [0, 0.1) is 0 Å². The van der Waals surface area contributed by atoms with Gasteiger partial charge in [-0.2, -0.15) is 4.58 Å². The molecule has 0 spiro atoms. The second-order valence-electron chi connectivity index (χ2n) is 6.29. The predicted molar refractivity (Wildman–Crippen MR) is 96.1 cm³/mol. The highest BCUT2D eigenvalue weighted by Gasteiger charge is 2.42. The van der Waals surface area contributed by atoms with E-state index in [0.717, 1.165) is 11.4 Å². The molecule has 126 valence electrons. The van der Waals surface area contributed by atoms with Crippen molar-refractivity contribution in [1.29, 1.82) is 0 Å². The standard InChI is InChI=1S/C20H22N2O.HI/c1-20(2)17-7-5-6-8-18(17)22(3)19(20)13-14-21-15-9-11-16(23-4)12-10-15;/h5-14H,1-4H3;1H. The summed E-state index contributed by atoms with van der Waals surface area (Å²) in [4.78, 5) is 0. The Kier molecular flexibility index (Phi) is 5.70. The van der Waals surface area contributed by atoms with E-state index in [1.807, 2.05) is 30.5 Å². The number of hydrogen-bond acceptors (Lipinski definition) is 2. The van der Waals surface area contributed by atoms with Crippen LogP contribution < -0.4 is 34.0 Å². The third-order valence-corrected chi connectivity index (χ3v) is 4.52. The molecule has 0 aromatic heterocycles. The zero-order valence-electron chi connectivity index (χ0n) is 14.5. The molecule has 0 bridgehead atoms. The number of ether oxygens (including phenoxy) is 1. The van der Waals surface area contributed by atoms with Crippen molar-refractivity contribution in [3.05, 3.63) is 66.4 Å². The second kappa shape index (κ2) is 7.38. The summed E-state index contributed by atoms with van der Waals surface area (Å²) in [7, 11) is 3.80. The lowest BCUT2D eigenvalue weighted by atomic mass is 9.81. The molecule has 0 saturated heterocycles. The van der Waals surface area contributed by atoms with E-state index in [1.54, 1.807) is 7.11 Å². The smallest absolute Gasteiger partial charge is 0.209 e. The highest BCUT2D eigenvalue weighted by molar-refractivity contribution is 6.03. The summed E-state index contributed by atoms with van der Waals surface area (Å²) < 4.78 is 7.44. The van der Waals surface area contributed by atoms with Crippen molar-refractivity contribution in [1.82, 2.24) is 0 Å². The third kappa shape index (κ3) is 3.34. The van der Waals surface area contributed by atoms with Crippen LogP contribution in [0.2, 0.25) is 0 Å². The van der Waals surface area contributed by atoms with Crippen LogP contribution in [0.15, 0.2) is 60.8 Å². The molecule has 0 saturated carbocycles. The minimum atomic E-state index is 0. The van der Waals surface area contributed by atoms with Gasteiger partial charge in [0.2, 0.25) is 5.69 Å². The second-order valence-corrected chi connectivity index (χ2v) is 6.29. The summed E-state index contributed by atoms with van der Waals surface area (Å²) >= 11 is 0. The first-order valence-corrected chi connectivity index (χ1v) is 7.82. The fraction of sp³-hybridized carbons (Fsp3) is 0.250. The Labute approximate surface area is 161 Å². The number of methoxy groups -OCH3 is 1. The summed E-state index contributed by atoms with van der Waals surface area (Å²) in [5, 5.41) is 3.32. The van der Waals surface area contributed by atoms with E-state index in [-0.39, 0.29) is 29.4 Å². The third-order valence-electron chi connectivity index (χ3n) is 4.52. The number of hydrogen-bond donors (Lipinski definition) is 1. The van der Waals surface area contributed by atoms with Crippen molar-refractivity contribution in [2.24, 2.45) is 0 Å². The number of fused-ring (bicyclic) bond motifs is 1. The van der Waals surface area contributed by atoms with Crippen molar-refractivity contribution in [3.63, 3.8) is 0 Å². The van der Waals surface area contributed by atoms with Crippen molar-refractivity contribution >= 4 is 17.1 Å². The van der Waals surface area contributed by atoms with Gasteiger partial charge in [0.05, 0.1) is 12.5 Å². The number of rotatable bonds is 4. The van der Waals surface area contributed by atoms with Gasteiger partial charge >= 0.3 is 0 Å². The highest BCUT2D eigenvalue weighted by atomic mass is 127. The van der Waals surface area contributed by atoms with Crippen molar-refractivity contribution in [2.45, 2.75) is 19.3 Å². The molecule has 24 heavy (non-hydrogen) atoms. The van der Waals surface area contributed by atoms with Gasteiger partial charge in [-0.1, -0.05) is 18.2 Å². The van der Waals surface area contributed by atoms with Gasteiger partial charge < -0.3 is 34.0 Å². The molecule has 0 radical (unpaired) electrons. The van der Waals surface area contributed by atoms with E-state index >= 15 is 0 Å². The molecule has 0 unspecified atom stereocenters. The normalized spacial score (nSPS) is 15.2. The number of para-hydroxylation sites is 1. The van der Waals surface area contributed by atoms with E-state index in [2.05, 4.69) is 61.1 Å². The van der Waals surface area contributed by atoms with Crippen LogP contribution in [0.3, 0.4) is 0 Å². The Hall–Kier alpha value is -1.82. The van der Waals surface area contributed by atoms with Gasteiger partial charge in [0.25, 0.3) is 0 Å². The fourth-order valence-electron chi connectivity index (χ4n) is 3.21. The number of benzene rings is 2. The van der Waals surface area contributed by atoms with E-state index in [4.69, 9.17) is 4.74 Å². The van der Waals surface area contributed by atoms with Crippen LogP contribution in [0.25, 0.3) is 0 Å². The van der Waals surface area contributed by atoms with E-state index in [0.29, 0.717) is 0 Å². The molecule has 1 heterocycles. The lowest BCUT2D eigenvalue weighted by molar-refractivity contribution is -0.401. The van der Waals surface area contributed by atoms with Crippen LogP contribution in [-0.2, 0) is 5.41 Å². The largest absolute Gasteiger partial charge is 1.00 e. The van der Waals surface area contributed by atoms with Crippen LogP contribution >= 0.6 is 0 Å². The van der Waals surface area contributed by atoms with Gasteiger partial charge in [-0.15, -0.1) is 0 Å². The molecule has 3 rings (SSSR count). The SMILES string of the molecule is COc1ccc(NC=CC2=[N+](C)c3ccccc3C2(C)C)cc1.[I-]. The molecule has 2 aromatic carbocycles. The molecular weight excluding hydrogens is 411 g/mol. The van der Waals surface area contributed by atoms with Crippen LogP contribution in [0.4, 0.5) is 11.4 Å². The first-order valence-electron chi connectivity index (χ1n) is 7.82. The minimum Gasteiger partial charge on any atom is -1.00 e. The van der Waals surface area contributed by atoms with Crippen LogP contribution in [-0.4, -0.2) is 24.4 Å². The number of nitrogens with zero attached hydrogens (tertiary/aromatic N) is 1. The van der Waals surface area contributed by atoms with E-state index in [1.165, 1.54) is 17.0 Å². The Bertz CT molecular complexity index is 776. The van der Waals surface area contributed by atoms with E-state index < -0.39 is 0 Å². The van der Waals surface area contributed by atoms with Crippen molar-refractivity contribution in [3.8, 4) is 5.75 Å². The monoisotopic (exact) mass is 434 g/mol. The lowest BCUT2D eigenvalue weighted by Crippen LogP contribution is -3.00. The Morgan fingerprint density at radius 2 is 1.71 bits per heavy atom. The molecule has 1 aliphatic heterocycles. The Morgan fingerprint density at radius 1 is 1.04 bits per heavy atom. The molecule has 0 fully saturated rings. The van der Waals surface area contributed by atoms with Crippen LogP contribution in [0.1, 0.15) is 19.4 Å². The molecular formula is C20H23IN2O. The minimum absolute atomic E-state index is 0. The molecule has 0 amide bonds. The molecule has 0 aliphatic carbocycles. The number of allylic oxidation sites excluding steroid dienone is 1. The first kappa shape index (κ1) is 18.5. The molecule has 3 nitrogen and oxygen atoms in total. The molecule has 1 aliphatic rings. The Balaban J connectivity index is 0.00000208. The lowest BCUT2D eigenvalue weighted by Gasteiger charge is -2.15. The number of halogens is 1. The summed E-state index contributed by atoms with van der Waals surface area (Å²) in [6.45, 7) is 4.53. The maximum absolute atomic E-state index is 5.18. The summed E-state index contributed by atoms with van der Waals surface area (Å²) in [6, 6.07) is 16.5. The summed E-state index contributed by atoms with van der Waals surface area (Å²) in [5.74, 6) is 0.862. The maximum atomic E-state index is 5.18. The number of anilines is 1. The first-order chi connectivity index (χ1) is 11.0. The highest BCUT2D eigenvalue weighted by Crippen LogP contribution is 2.38. The predicted octanol–water partition coefficient (Wildman–Crippen LogP) is 1.33. The molecule has 2 aromatic rings. The quantitative estimate of drug-likeness (QED) is 0.580. The fourth-order valence-corrected chi connectivity index (χ4v) is 3.21. The average molecular weight is 434 g/mol. The van der Waals surface area contributed by atoms with Crippen molar-refractivity contribution in [2.75, 3.05) is 19.5 Å².